The van der Waals surface area contributed by atoms with Crippen LogP contribution < -0.4 is 0 Å². The van der Waals surface area contributed by atoms with E-state index in [1.807, 2.05) is 36.4 Å². The molecule has 1 heterocycles. The summed E-state index contributed by atoms with van der Waals surface area (Å²) in [6.07, 6.45) is 1.68. The molecule has 116 valence electrons. The normalized spacial score (nSPS) is 19.9. The molecule has 0 spiro atoms. The lowest BCUT2D eigenvalue weighted by molar-refractivity contribution is 0.0480. The fourth-order valence-electron chi connectivity index (χ4n) is 3.65. The largest absolute Gasteiger partial charge is 0.386 e. The molecule has 0 unspecified atom stereocenters. The Balaban J connectivity index is 1.95. The molecule has 0 fully saturated rings. The van der Waals surface area contributed by atoms with Gasteiger partial charge in [-0.1, -0.05) is 48.6 Å². The Labute approximate surface area is 138 Å². The molecule has 5 rings (SSSR count). The summed E-state index contributed by atoms with van der Waals surface area (Å²) in [4.78, 5) is 4.78. The van der Waals surface area contributed by atoms with Crippen LogP contribution in [0.1, 0.15) is 17.2 Å². The summed E-state index contributed by atoms with van der Waals surface area (Å²) in [5.74, 6) is 0. The van der Waals surface area contributed by atoms with Crippen LogP contribution in [0.15, 0.2) is 60.7 Å². The zero-order chi connectivity index (χ0) is 16.3. The first-order chi connectivity index (χ1) is 11.7. The molecule has 1 aliphatic rings. The summed E-state index contributed by atoms with van der Waals surface area (Å²) in [6.45, 7) is 0. The average molecular weight is 313 g/mol. The van der Waals surface area contributed by atoms with Crippen molar-refractivity contribution < 1.29 is 10.2 Å². The van der Waals surface area contributed by atoms with Gasteiger partial charge < -0.3 is 10.2 Å². The number of aliphatic hydroxyl groups is 2. The lowest BCUT2D eigenvalue weighted by atomic mass is 9.89. The van der Waals surface area contributed by atoms with Gasteiger partial charge in [0.2, 0.25) is 0 Å². The number of aliphatic hydroxyl groups excluding tert-OH is 2. The van der Waals surface area contributed by atoms with Gasteiger partial charge in [0, 0.05) is 16.3 Å². The zero-order valence-corrected chi connectivity index (χ0v) is 12.8. The predicted molar refractivity (Wildman–Crippen MR) is 96.8 cm³/mol. The van der Waals surface area contributed by atoms with Gasteiger partial charge in [0.25, 0.3) is 0 Å². The Morgan fingerprint density at radius 2 is 1.58 bits per heavy atom. The minimum atomic E-state index is -0.928. The van der Waals surface area contributed by atoms with Crippen LogP contribution in [0.5, 0.6) is 0 Å². The second kappa shape index (κ2) is 4.87. The van der Waals surface area contributed by atoms with Gasteiger partial charge in [0.1, 0.15) is 12.2 Å². The van der Waals surface area contributed by atoms with Crippen LogP contribution in [0, 0.1) is 0 Å². The minimum Gasteiger partial charge on any atom is -0.386 e. The highest BCUT2D eigenvalue weighted by Gasteiger charge is 2.25. The molecule has 24 heavy (non-hydrogen) atoms. The first-order valence-corrected chi connectivity index (χ1v) is 8.02. The van der Waals surface area contributed by atoms with E-state index in [0.717, 1.165) is 43.7 Å². The van der Waals surface area contributed by atoms with Gasteiger partial charge in [-0.2, -0.15) is 0 Å². The summed E-state index contributed by atoms with van der Waals surface area (Å²) in [7, 11) is 0. The fraction of sp³-hybridized carbons (Fsp3) is 0.0952. The van der Waals surface area contributed by atoms with Gasteiger partial charge in [-0.25, -0.2) is 4.98 Å². The predicted octanol–water partition coefficient (Wildman–Crippen LogP) is 3.96. The van der Waals surface area contributed by atoms with Crippen molar-refractivity contribution in [1.82, 2.24) is 4.98 Å². The molecule has 3 nitrogen and oxygen atoms in total. The van der Waals surface area contributed by atoms with Gasteiger partial charge in [-0.15, -0.1) is 0 Å². The molecule has 2 atom stereocenters. The summed E-state index contributed by atoms with van der Waals surface area (Å²) in [5, 5.41) is 24.8. The SMILES string of the molecule is O[C@H]1C=Cc2ccc3nc4ccc5ccccc5c4cc3c2[C@@H]1O. The summed E-state index contributed by atoms with van der Waals surface area (Å²) in [5.41, 5.74) is 3.45. The molecule has 3 heteroatoms. The Morgan fingerprint density at radius 1 is 0.792 bits per heavy atom. The standard InChI is InChI=1S/C21H15NO2/c23-19-10-7-13-6-9-18-16(20(13)21(19)24)11-15-14-4-2-1-3-12(14)5-8-17(15)22-18/h1-11,19,21,23-24H/t19-,21+/m0/s1. The average Bonchev–Trinajstić information content (AvgIpc) is 2.62. The maximum absolute atomic E-state index is 10.5. The lowest BCUT2D eigenvalue weighted by Gasteiger charge is -2.23. The zero-order valence-electron chi connectivity index (χ0n) is 12.8. The fourth-order valence-corrected chi connectivity index (χ4v) is 3.65. The molecule has 0 bridgehead atoms. The third-order valence-corrected chi connectivity index (χ3v) is 4.87. The number of hydrogen-bond donors (Lipinski definition) is 2. The van der Waals surface area contributed by atoms with E-state index in [1.165, 1.54) is 0 Å². The summed E-state index contributed by atoms with van der Waals surface area (Å²) >= 11 is 0. The summed E-state index contributed by atoms with van der Waals surface area (Å²) < 4.78 is 0. The smallest absolute Gasteiger partial charge is 0.110 e. The van der Waals surface area contributed by atoms with Crippen LogP contribution in [0.3, 0.4) is 0 Å². The molecule has 2 N–H and O–H groups in total. The molecule has 0 saturated heterocycles. The van der Waals surface area contributed by atoms with Crippen LogP contribution in [0.4, 0.5) is 0 Å². The summed E-state index contributed by atoms with van der Waals surface area (Å²) in [6, 6.07) is 18.3. The van der Waals surface area contributed by atoms with E-state index in [9.17, 15) is 10.2 Å². The van der Waals surface area contributed by atoms with Crippen molar-refractivity contribution in [1.29, 1.82) is 0 Å². The maximum atomic E-state index is 10.5. The van der Waals surface area contributed by atoms with Crippen LogP contribution in [0.25, 0.3) is 38.7 Å². The van der Waals surface area contributed by atoms with E-state index in [0.29, 0.717) is 0 Å². The third kappa shape index (κ3) is 1.83. The quantitative estimate of drug-likeness (QED) is 0.381. The molecular weight excluding hydrogens is 298 g/mol. The number of nitrogens with zero attached hydrogens (tertiary/aromatic N) is 1. The van der Waals surface area contributed by atoms with E-state index in [-0.39, 0.29) is 0 Å². The first kappa shape index (κ1) is 13.7. The molecule has 1 aliphatic carbocycles. The Bertz CT molecular complexity index is 1150. The molecule has 0 aliphatic heterocycles. The van der Waals surface area contributed by atoms with Crippen LogP contribution in [-0.2, 0) is 0 Å². The van der Waals surface area contributed by atoms with E-state index >= 15 is 0 Å². The number of rotatable bonds is 0. The van der Waals surface area contributed by atoms with Gasteiger partial charge in [-0.05, 0) is 34.5 Å². The van der Waals surface area contributed by atoms with Crippen molar-refractivity contribution in [2.75, 3.05) is 0 Å². The molecule has 0 amide bonds. The van der Waals surface area contributed by atoms with Crippen LogP contribution in [0.2, 0.25) is 0 Å². The van der Waals surface area contributed by atoms with Crippen molar-refractivity contribution in [2.24, 2.45) is 0 Å². The molecule has 3 aromatic carbocycles. The second-order valence-electron chi connectivity index (χ2n) is 6.27. The number of aromatic nitrogens is 1. The number of pyridine rings is 1. The van der Waals surface area contributed by atoms with E-state index < -0.39 is 12.2 Å². The van der Waals surface area contributed by atoms with Crippen LogP contribution >= 0.6 is 0 Å². The van der Waals surface area contributed by atoms with Crippen molar-refractivity contribution >= 4 is 38.7 Å². The molecule has 4 aromatic rings. The highest BCUT2D eigenvalue weighted by Crippen LogP contribution is 2.36. The molecular formula is C21H15NO2. The van der Waals surface area contributed by atoms with Gasteiger partial charge in [0.05, 0.1) is 11.0 Å². The highest BCUT2D eigenvalue weighted by atomic mass is 16.3. The van der Waals surface area contributed by atoms with Crippen molar-refractivity contribution in [3.05, 3.63) is 71.8 Å². The lowest BCUT2D eigenvalue weighted by Crippen LogP contribution is -2.19. The Hall–Kier alpha value is -2.75. The van der Waals surface area contributed by atoms with E-state index in [2.05, 4.69) is 24.3 Å². The monoisotopic (exact) mass is 313 g/mol. The van der Waals surface area contributed by atoms with Crippen molar-refractivity contribution in [3.63, 3.8) is 0 Å². The topological polar surface area (TPSA) is 53.4 Å². The third-order valence-electron chi connectivity index (χ3n) is 4.87. The molecule has 0 saturated carbocycles. The minimum absolute atomic E-state index is 0.754. The van der Waals surface area contributed by atoms with Gasteiger partial charge >= 0.3 is 0 Å². The molecule has 1 aromatic heterocycles. The van der Waals surface area contributed by atoms with Crippen molar-refractivity contribution in [3.8, 4) is 0 Å². The highest BCUT2D eigenvalue weighted by molar-refractivity contribution is 6.10. The molecule has 0 radical (unpaired) electrons. The number of benzene rings is 3. The number of fused-ring (bicyclic) bond motifs is 6. The second-order valence-corrected chi connectivity index (χ2v) is 6.27. The van der Waals surface area contributed by atoms with Crippen molar-refractivity contribution in [2.45, 2.75) is 12.2 Å². The van der Waals surface area contributed by atoms with E-state index in [1.54, 1.807) is 6.08 Å². The maximum Gasteiger partial charge on any atom is 0.110 e. The Kier molecular flexibility index (Phi) is 2.77. The van der Waals surface area contributed by atoms with Gasteiger partial charge in [-0.3, -0.25) is 0 Å². The first-order valence-electron chi connectivity index (χ1n) is 8.02. The van der Waals surface area contributed by atoms with Crippen LogP contribution in [-0.4, -0.2) is 21.3 Å². The van der Waals surface area contributed by atoms with Gasteiger partial charge in [0.15, 0.2) is 0 Å². The Morgan fingerprint density at radius 3 is 2.50 bits per heavy atom. The number of hydrogen-bond acceptors (Lipinski definition) is 3. The van der Waals surface area contributed by atoms with E-state index in [4.69, 9.17) is 4.98 Å².